The summed E-state index contributed by atoms with van der Waals surface area (Å²) in [5.74, 6) is 0.739. The molecule has 1 saturated heterocycles. The molecule has 0 bridgehead atoms. The first kappa shape index (κ1) is 10.4. The summed E-state index contributed by atoms with van der Waals surface area (Å²) in [6, 6.07) is 5.32. The second-order valence-electron chi connectivity index (χ2n) is 4.16. The van der Waals surface area contributed by atoms with Crippen LogP contribution < -0.4 is 10.1 Å². The van der Waals surface area contributed by atoms with Gasteiger partial charge in [0.25, 0.3) is 0 Å². The first-order chi connectivity index (χ1) is 7.22. The van der Waals surface area contributed by atoms with Crippen molar-refractivity contribution in [3.05, 3.63) is 29.6 Å². The lowest BCUT2D eigenvalue weighted by Gasteiger charge is -2.15. The number of benzene rings is 1. The van der Waals surface area contributed by atoms with Crippen LogP contribution in [0.4, 0.5) is 4.39 Å². The average Bonchev–Trinajstić information content (AvgIpc) is 2.64. The van der Waals surface area contributed by atoms with E-state index in [-0.39, 0.29) is 11.9 Å². The minimum atomic E-state index is -0.281. The van der Waals surface area contributed by atoms with E-state index in [1.54, 1.807) is 6.07 Å². The zero-order valence-electron chi connectivity index (χ0n) is 9.09. The van der Waals surface area contributed by atoms with Crippen LogP contribution in [-0.2, 0) is 0 Å². The van der Waals surface area contributed by atoms with Gasteiger partial charge in [0.1, 0.15) is 0 Å². The summed E-state index contributed by atoms with van der Waals surface area (Å²) in [5, 5.41) is 3.38. The van der Waals surface area contributed by atoms with Crippen LogP contribution in [0.1, 0.15) is 24.9 Å². The molecule has 1 aromatic carbocycles. The lowest BCUT2D eigenvalue weighted by molar-refractivity contribution is 0.375. The highest BCUT2D eigenvalue weighted by atomic mass is 19.1. The molecule has 0 radical (unpaired) electrons. The Bertz CT molecular complexity index is 353. The molecule has 2 rings (SSSR count). The summed E-state index contributed by atoms with van der Waals surface area (Å²) in [7, 11) is 1.51. The van der Waals surface area contributed by atoms with Gasteiger partial charge in [0, 0.05) is 11.6 Å². The average molecular weight is 209 g/mol. The summed E-state index contributed by atoms with van der Waals surface area (Å²) in [4.78, 5) is 0. The molecule has 1 N–H and O–H groups in total. The monoisotopic (exact) mass is 209 g/mol. The second kappa shape index (κ2) is 4.19. The molecule has 0 saturated carbocycles. The predicted molar refractivity (Wildman–Crippen MR) is 57.5 cm³/mol. The molecule has 1 aliphatic heterocycles. The van der Waals surface area contributed by atoms with Crippen LogP contribution in [0.2, 0.25) is 0 Å². The number of halogens is 1. The number of nitrogens with one attached hydrogen (secondary N) is 1. The van der Waals surface area contributed by atoms with Crippen molar-refractivity contribution >= 4 is 0 Å². The maximum absolute atomic E-state index is 13.4. The maximum atomic E-state index is 13.4. The van der Waals surface area contributed by atoms with E-state index in [0.29, 0.717) is 11.7 Å². The highest BCUT2D eigenvalue weighted by Gasteiger charge is 2.25. The van der Waals surface area contributed by atoms with Gasteiger partial charge in [-0.1, -0.05) is 19.1 Å². The maximum Gasteiger partial charge on any atom is 0.165 e. The predicted octanol–water partition coefficient (Wildman–Crippen LogP) is 2.50. The Morgan fingerprint density at radius 1 is 1.47 bits per heavy atom. The standard InChI is InChI=1S/C12H16FNO/c1-8-6-11(14-7-8)9-4-3-5-10(13)12(9)15-2/h3-5,8,11,14H,6-7H2,1-2H3/t8-,11-/m0/s1. The number of methoxy groups -OCH3 is 1. The second-order valence-corrected chi connectivity index (χ2v) is 4.16. The van der Waals surface area contributed by atoms with Crippen LogP contribution in [-0.4, -0.2) is 13.7 Å². The van der Waals surface area contributed by atoms with E-state index in [4.69, 9.17) is 4.74 Å². The fourth-order valence-corrected chi connectivity index (χ4v) is 2.16. The minimum Gasteiger partial charge on any atom is -0.493 e. The first-order valence-corrected chi connectivity index (χ1v) is 5.28. The Labute approximate surface area is 89.4 Å². The summed E-state index contributed by atoms with van der Waals surface area (Å²) < 4.78 is 18.6. The smallest absolute Gasteiger partial charge is 0.165 e. The van der Waals surface area contributed by atoms with Crippen molar-refractivity contribution in [1.29, 1.82) is 0 Å². The zero-order chi connectivity index (χ0) is 10.8. The molecule has 2 nitrogen and oxygen atoms in total. The minimum absolute atomic E-state index is 0.227. The van der Waals surface area contributed by atoms with Crippen molar-refractivity contribution < 1.29 is 9.13 Å². The lowest BCUT2D eigenvalue weighted by Crippen LogP contribution is -2.14. The van der Waals surface area contributed by atoms with E-state index in [1.165, 1.54) is 13.2 Å². The van der Waals surface area contributed by atoms with Crippen LogP contribution >= 0.6 is 0 Å². The van der Waals surface area contributed by atoms with Crippen LogP contribution in [0.3, 0.4) is 0 Å². The van der Waals surface area contributed by atoms with Crippen LogP contribution in [0, 0.1) is 11.7 Å². The molecular formula is C12H16FNO. The highest BCUT2D eigenvalue weighted by Crippen LogP contribution is 2.34. The third-order valence-corrected chi connectivity index (χ3v) is 2.93. The molecular weight excluding hydrogens is 193 g/mol. The van der Waals surface area contributed by atoms with E-state index in [1.807, 2.05) is 6.07 Å². The number of rotatable bonds is 2. The normalized spacial score (nSPS) is 25.5. The number of para-hydroxylation sites is 1. The fraction of sp³-hybridized carbons (Fsp3) is 0.500. The SMILES string of the molecule is COc1c(F)cccc1[C@@H]1C[C@H](C)CN1. The summed E-state index contributed by atoms with van der Waals surface area (Å²) in [6.45, 7) is 3.18. The third kappa shape index (κ3) is 1.97. The Hall–Kier alpha value is -1.09. The molecule has 0 amide bonds. The van der Waals surface area contributed by atoms with Crippen LogP contribution in [0.5, 0.6) is 5.75 Å². The van der Waals surface area contributed by atoms with Gasteiger partial charge in [-0.3, -0.25) is 0 Å². The van der Waals surface area contributed by atoms with Crippen molar-refractivity contribution in [2.45, 2.75) is 19.4 Å². The van der Waals surface area contributed by atoms with Gasteiger partial charge >= 0.3 is 0 Å². The van der Waals surface area contributed by atoms with Gasteiger partial charge in [-0.2, -0.15) is 0 Å². The van der Waals surface area contributed by atoms with Crippen LogP contribution in [0.15, 0.2) is 18.2 Å². The Balaban J connectivity index is 2.31. The van der Waals surface area contributed by atoms with Gasteiger partial charge in [0.05, 0.1) is 7.11 Å². The molecule has 1 fully saturated rings. The van der Waals surface area contributed by atoms with E-state index in [0.717, 1.165) is 18.5 Å². The molecule has 1 aliphatic rings. The number of hydrogen-bond acceptors (Lipinski definition) is 2. The lowest BCUT2D eigenvalue weighted by atomic mass is 10.0. The summed E-state index contributed by atoms with van der Waals surface area (Å²) in [5.41, 5.74) is 0.932. The molecule has 1 heterocycles. The van der Waals surface area contributed by atoms with Gasteiger partial charge in [-0.15, -0.1) is 0 Å². The number of ether oxygens (including phenoxy) is 1. The van der Waals surface area contributed by atoms with E-state index >= 15 is 0 Å². The molecule has 82 valence electrons. The van der Waals surface area contributed by atoms with Crippen molar-refractivity contribution in [3.63, 3.8) is 0 Å². The Morgan fingerprint density at radius 2 is 2.27 bits per heavy atom. The molecule has 1 aromatic rings. The largest absolute Gasteiger partial charge is 0.493 e. The molecule has 0 aromatic heterocycles. The molecule has 2 atom stereocenters. The number of hydrogen-bond donors (Lipinski definition) is 1. The Kier molecular flexibility index (Phi) is 2.91. The van der Waals surface area contributed by atoms with Crippen LogP contribution in [0.25, 0.3) is 0 Å². The van der Waals surface area contributed by atoms with Crippen molar-refractivity contribution in [2.75, 3.05) is 13.7 Å². The highest BCUT2D eigenvalue weighted by molar-refractivity contribution is 5.37. The van der Waals surface area contributed by atoms with Gasteiger partial charge in [0.2, 0.25) is 0 Å². The van der Waals surface area contributed by atoms with Crippen molar-refractivity contribution in [2.24, 2.45) is 5.92 Å². The van der Waals surface area contributed by atoms with E-state index < -0.39 is 0 Å². The van der Waals surface area contributed by atoms with Crippen molar-refractivity contribution in [3.8, 4) is 5.75 Å². The van der Waals surface area contributed by atoms with E-state index in [9.17, 15) is 4.39 Å². The van der Waals surface area contributed by atoms with Gasteiger partial charge in [-0.25, -0.2) is 4.39 Å². The molecule has 15 heavy (non-hydrogen) atoms. The summed E-state index contributed by atoms with van der Waals surface area (Å²) in [6.07, 6.45) is 1.04. The van der Waals surface area contributed by atoms with E-state index in [2.05, 4.69) is 12.2 Å². The van der Waals surface area contributed by atoms with Crippen molar-refractivity contribution in [1.82, 2.24) is 5.32 Å². The zero-order valence-corrected chi connectivity index (χ0v) is 9.09. The fourth-order valence-electron chi connectivity index (χ4n) is 2.16. The Morgan fingerprint density at radius 3 is 2.87 bits per heavy atom. The summed E-state index contributed by atoms with van der Waals surface area (Å²) >= 11 is 0. The molecule has 0 aliphatic carbocycles. The van der Waals surface area contributed by atoms with Gasteiger partial charge in [-0.05, 0) is 24.9 Å². The third-order valence-electron chi connectivity index (χ3n) is 2.93. The molecule has 0 spiro atoms. The topological polar surface area (TPSA) is 21.3 Å². The van der Waals surface area contributed by atoms with Gasteiger partial charge in [0.15, 0.2) is 11.6 Å². The first-order valence-electron chi connectivity index (χ1n) is 5.28. The quantitative estimate of drug-likeness (QED) is 0.808. The molecule has 3 heteroatoms. The van der Waals surface area contributed by atoms with Gasteiger partial charge < -0.3 is 10.1 Å². The molecule has 0 unspecified atom stereocenters.